The number of nitrogens with one attached hydrogen (secondary N) is 2. The van der Waals surface area contributed by atoms with Crippen LogP contribution >= 0.6 is 12.4 Å². The Morgan fingerprint density at radius 1 is 1.00 bits per heavy atom. The number of halogens is 1. The van der Waals surface area contributed by atoms with Crippen molar-refractivity contribution < 1.29 is 9.59 Å². The Kier molecular flexibility index (Phi) is 8.44. The maximum Gasteiger partial charge on any atom is 0.251 e. The number of likely N-dealkylation sites (tertiary alicyclic amines) is 1. The van der Waals surface area contributed by atoms with E-state index < -0.39 is 0 Å². The number of piperidine rings is 1. The molecule has 0 spiro atoms. The lowest BCUT2D eigenvalue weighted by Crippen LogP contribution is -2.46. The molecular weight excluding hydrogens is 376 g/mol. The molecule has 150 valence electrons. The summed E-state index contributed by atoms with van der Waals surface area (Å²) < 4.78 is 0. The lowest BCUT2D eigenvalue weighted by atomic mass is 10.0. The molecule has 1 aliphatic heterocycles. The largest absolute Gasteiger partial charge is 0.349 e. The van der Waals surface area contributed by atoms with Crippen LogP contribution in [-0.2, 0) is 11.3 Å². The molecule has 0 saturated carbocycles. The van der Waals surface area contributed by atoms with Crippen molar-refractivity contribution in [1.82, 2.24) is 10.2 Å². The highest BCUT2D eigenvalue weighted by molar-refractivity contribution is 5.94. The van der Waals surface area contributed by atoms with Crippen LogP contribution < -0.4 is 16.4 Å². The average Bonchev–Trinajstić information content (AvgIpc) is 2.70. The number of para-hydroxylation sites is 1. The summed E-state index contributed by atoms with van der Waals surface area (Å²) in [6, 6.07) is 17.0. The minimum absolute atomic E-state index is 0. The molecule has 1 heterocycles. The van der Waals surface area contributed by atoms with Crippen LogP contribution in [0.25, 0.3) is 0 Å². The SMILES string of the molecule is Cl.NCc1ccc(C(=O)NC2CCN(CC(=O)Nc3ccccc3)CC2)cc1. The summed E-state index contributed by atoms with van der Waals surface area (Å²) >= 11 is 0. The van der Waals surface area contributed by atoms with E-state index in [2.05, 4.69) is 15.5 Å². The van der Waals surface area contributed by atoms with Crippen molar-refractivity contribution >= 4 is 29.9 Å². The lowest BCUT2D eigenvalue weighted by Gasteiger charge is -2.31. The lowest BCUT2D eigenvalue weighted by molar-refractivity contribution is -0.117. The molecule has 4 N–H and O–H groups in total. The van der Waals surface area contributed by atoms with Crippen molar-refractivity contribution in [1.29, 1.82) is 0 Å². The molecule has 1 saturated heterocycles. The zero-order valence-corrected chi connectivity index (χ0v) is 16.6. The number of hydrogen-bond donors (Lipinski definition) is 3. The smallest absolute Gasteiger partial charge is 0.251 e. The third kappa shape index (κ3) is 6.34. The van der Waals surface area contributed by atoms with E-state index in [-0.39, 0.29) is 30.3 Å². The Hall–Kier alpha value is -2.41. The highest BCUT2D eigenvalue weighted by Gasteiger charge is 2.22. The Morgan fingerprint density at radius 2 is 1.64 bits per heavy atom. The summed E-state index contributed by atoms with van der Waals surface area (Å²) in [5.41, 5.74) is 8.05. The highest BCUT2D eigenvalue weighted by atomic mass is 35.5. The molecule has 2 amide bonds. The van der Waals surface area contributed by atoms with Gasteiger partial charge in [-0.2, -0.15) is 0 Å². The van der Waals surface area contributed by atoms with Gasteiger partial charge in [-0.1, -0.05) is 30.3 Å². The van der Waals surface area contributed by atoms with Crippen molar-refractivity contribution in [3.8, 4) is 0 Å². The molecular formula is C21H27ClN4O2. The molecule has 6 nitrogen and oxygen atoms in total. The molecule has 0 bridgehead atoms. The van der Waals surface area contributed by atoms with E-state index in [9.17, 15) is 9.59 Å². The van der Waals surface area contributed by atoms with Gasteiger partial charge in [0.05, 0.1) is 6.54 Å². The minimum Gasteiger partial charge on any atom is -0.349 e. The number of hydrogen-bond acceptors (Lipinski definition) is 4. The summed E-state index contributed by atoms with van der Waals surface area (Å²) in [5, 5.41) is 5.99. The fraction of sp³-hybridized carbons (Fsp3) is 0.333. The zero-order valence-electron chi connectivity index (χ0n) is 15.8. The van der Waals surface area contributed by atoms with E-state index in [4.69, 9.17) is 5.73 Å². The van der Waals surface area contributed by atoms with E-state index in [1.54, 1.807) is 12.1 Å². The van der Waals surface area contributed by atoms with Crippen LogP contribution in [-0.4, -0.2) is 42.4 Å². The minimum atomic E-state index is -0.0566. The number of rotatable bonds is 6. The molecule has 0 radical (unpaired) electrons. The highest BCUT2D eigenvalue weighted by Crippen LogP contribution is 2.12. The number of anilines is 1. The average molecular weight is 403 g/mol. The van der Waals surface area contributed by atoms with Crippen molar-refractivity contribution in [3.63, 3.8) is 0 Å². The van der Waals surface area contributed by atoms with E-state index in [1.807, 2.05) is 42.5 Å². The normalized spacial score (nSPS) is 14.8. The van der Waals surface area contributed by atoms with Crippen LogP contribution in [0.15, 0.2) is 54.6 Å². The van der Waals surface area contributed by atoms with Crippen molar-refractivity contribution in [2.75, 3.05) is 25.0 Å². The molecule has 0 aliphatic carbocycles. The van der Waals surface area contributed by atoms with Crippen LogP contribution in [0, 0.1) is 0 Å². The monoisotopic (exact) mass is 402 g/mol. The first-order valence-corrected chi connectivity index (χ1v) is 9.31. The van der Waals surface area contributed by atoms with Gasteiger partial charge in [-0.15, -0.1) is 12.4 Å². The molecule has 28 heavy (non-hydrogen) atoms. The van der Waals surface area contributed by atoms with E-state index in [0.717, 1.165) is 37.2 Å². The number of nitrogens with two attached hydrogens (primary N) is 1. The Labute approximate surface area is 171 Å². The van der Waals surface area contributed by atoms with Gasteiger partial charge in [-0.05, 0) is 42.7 Å². The molecule has 1 aliphatic rings. The first-order chi connectivity index (χ1) is 13.1. The number of benzene rings is 2. The van der Waals surface area contributed by atoms with Crippen molar-refractivity contribution in [2.45, 2.75) is 25.4 Å². The number of carbonyl (C=O) groups is 2. The molecule has 2 aromatic carbocycles. The Bertz CT molecular complexity index is 760. The summed E-state index contributed by atoms with van der Waals surface area (Å²) in [5.74, 6) is -0.0671. The second-order valence-corrected chi connectivity index (χ2v) is 6.84. The molecule has 2 aromatic rings. The summed E-state index contributed by atoms with van der Waals surface area (Å²) in [6.45, 7) is 2.42. The number of carbonyl (C=O) groups excluding carboxylic acids is 2. The molecule has 0 unspecified atom stereocenters. The van der Waals surface area contributed by atoms with Gasteiger partial charge in [0, 0.05) is 36.9 Å². The van der Waals surface area contributed by atoms with Gasteiger partial charge in [-0.3, -0.25) is 14.5 Å². The zero-order chi connectivity index (χ0) is 19.1. The summed E-state index contributed by atoms with van der Waals surface area (Å²) in [6.07, 6.45) is 1.68. The molecule has 0 atom stereocenters. The second kappa shape index (κ2) is 10.8. The van der Waals surface area contributed by atoms with E-state index in [0.29, 0.717) is 18.7 Å². The molecule has 0 aromatic heterocycles. The topological polar surface area (TPSA) is 87.5 Å². The third-order valence-corrected chi connectivity index (χ3v) is 4.80. The standard InChI is InChI=1S/C21H26N4O2.ClH/c22-14-16-6-8-17(9-7-16)21(27)24-19-10-12-25(13-11-19)15-20(26)23-18-4-2-1-3-5-18;/h1-9,19H,10-15,22H2,(H,23,26)(H,24,27);1H. The Morgan fingerprint density at radius 3 is 2.25 bits per heavy atom. The van der Waals surface area contributed by atoms with Gasteiger partial charge in [0.1, 0.15) is 0 Å². The maximum absolute atomic E-state index is 12.4. The van der Waals surface area contributed by atoms with Crippen LogP contribution in [0.1, 0.15) is 28.8 Å². The summed E-state index contributed by atoms with van der Waals surface area (Å²) in [4.78, 5) is 26.6. The van der Waals surface area contributed by atoms with E-state index >= 15 is 0 Å². The van der Waals surface area contributed by atoms with Crippen LogP contribution in [0.3, 0.4) is 0 Å². The van der Waals surface area contributed by atoms with Gasteiger partial charge < -0.3 is 16.4 Å². The first kappa shape index (κ1) is 21.9. The number of nitrogens with zero attached hydrogens (tertiary/aromatic N) is 1. The quantitative estimate of drug-likeness (QED) is 0.692. The predicted octanol–water partition coefficient (Wildman–Crippen LogP) is 2.40. The molecule has 7 heteroatoms. The first-order valence-electron chi connectivity index (χ1n) is 9.31. The van der Waals surface area contributed by atoms with E-state index in [1.165, 1.54) is 0 Å². The third-order valence-electron chi connectivity index (χ3n) is 4.80. The van der Waals surface area contributed by atoms with Gasteiger partial charge in [0.2, 0.25) is 5.91 Å². The predicted molar refractivity (Wildman–Crippen MR) is 114 cm³/mol. The molecule has 3 rings (SSSR count). The van der Waals surface area contributed by atoms with Gasteiger partial charge in [0.25, 0.3) is 5.91 Å². The summed E-state index contributed by atoms with van der Waals surface area (Å²) in [7, 11) is 0. The van der Waals surface area contributed by atoms with Crippen LogP contribution in [0.4, 0.5) is 5.69 Å². The second-order valence-electron chi connectivity index (χ2n) is 6.84. The van der Waals surface area contributed by atoms with Gasteiger partial charge in [-0.25, -0.2) is 0 Å². The van der Waals surface area contributed by atoms with Crippen molar-refractivity contribution in [3.05, 3.63) is 65.7 Å². The fourth-order valence-electron chi connectivity index (χ4n) is 3.22. The Balaban J connectivity index is 0.00000280. The van der Waals surface area contributed by atoms with Gasteiger partial charge in [0.15, 0.2) is 0 Å². The fourth-order valence-corrected chi connectivity index (χ4v) is 3.22. The van der Waals surface area contributed by atoms with Crippen LogP contribution in [0.5, 0.6) is 0 Å². The van der Waals surface area contributed by atoms with Gasteiger partial charge >= 0.3 is 0 Å². The maximum atomic E-state index is 12.4. The van der Waals surface area contributed by atoms with Crippen LogP contribution in [0.2, 0.25) is 0 Å². The number of amides is 2. The van der Waals surface area contributed by atoms with Crippen molar-refractivity contribution in [2.24, 2.45) is 5.73 Å². The molecule has 1 fully saturated rings.